The van der Waals surface area contributed by atoms with Crippen molar-refractivity contribution < 1.29 is 23.8 Å². The Morgan fingerprint density at radius 3 is 2.75 bits per heavy atom. The van der Waals surface area contributed by atoms with Gasteiger partial charge in [-0.15, -0.1) is 0 Å². The predicted molar refractivity (Wildman–Crippen MR) is 101 cm³/mol. The van der Waals surface area contributed by atoms with Crippen LogP contribution in [0.25, 0.3) is 0 Å². The van der Waals surface area contributed by atoms with E-state index >= 15 is 0 Å². The minimum atomic E-state index is -0.180. The summed E-state index contributed by atoms with van der Waals surface area (Å²) in [7, 11) is 0. The normalized spacial score (nSPS) is 24.1. The quantitative estimate of drug-likeness (QED) is 0.746. The van der Waals surface area contributed by atoms with Crippen molar-refractivity contribution in [2.24, 2.45) is 11.8 Å². The van der Waals surface area contributed by atoms with Crippen molar-refractivity contribution in [3.8, 4) is 11.5 Å². The Morgan fingerprint density at radius 2 is 1.89 bits per heavy atom. The fourth-order valence-corrected chi connectivity index (χ4v) is 3.94. The van der Waals surface area contributed by atoms with Gasteiger partial charge in [-0.05, 0) is 30.5 Å². The summed E-state index contributed by atoms with van der Waals surface area (Å²) in [6.45, 7) is 4.53. The molecule has 3 heterocycles. The van der Waals surface area contributed by atoms with Gasteiger partial charge in [0, 0.05) is 32.7 Å². The molecule has 0 saturated carbocycles. The van der Waals surface area contributed by atoms with Gasteiger partial charge in [0.25, 0.3) is 0 Å². The number of nitrogens with one attached hydrogen (secondary N) is 2. The van der Waals surface area contributed by atoms with Crippen molar-refractivity contribution in [1.82, 2.24) is 15.5 Å². The number of carbonyl (C=O) groups is 2. The van der Waals surface area contributed by atoms with Crippen LogP contribution in [0.5, 0.6) is 11.5 Å². The molecule has 2 atom stereocenters. The third kappa shape index (κ3) is 4.39. The number of ether oxygens (including phenoxy) is 3. The molecule has 8 heteroatoms. The largest absolute Gasteiger partial charge is 0.454 e. The van der Waals surface area contributed by atoms with Crippen molar-refractivity contribution in [1.29, 1.82) is 0 Å². The Balaban J connectivity index is 1.24. The molecule has 1 aromatic carbocycles. The highest BCUT2D eigenvalue weighted by Crippen LogP contribution is 2.32. The number of amides is 2. The van der Waals surface area contributed by atoms with Crippen molar-refractivity contribution in [2.75, 3.05) is 52.7 Å². The van der Waals surface area contributed by atoms with Gasteiger partial charge < -0.3 is 29.7 Å². The van der Waals surface area contributed by atoms with Crippen LogP contribution in [0.15, 0.2) is 18.2 Å². The summed E-state index contributed by atoms with van der Waals surface area (Å²) in [4.78, 5) is 27.1. The zero-order valence-electron chi connectivity index (χ0n) is 15.9. The lowest BCUT2D eigenvalue weighted by Crippen LogP contribution is -2.51. The van der Waals surface area contributed by atoms with Crippen LogP contribution in [0.3, 0.4) is 0 Å². The van der Waals surface area contributed by atoms with Crippen LogP contribution < -0.4 is 20.1 Å². The number of hydrogen-bond acceptors (Lipinski definition) is 6. The molecule has 3 aliphatic rings. The molecule has 1 aromatic rings. The van der Waals surface area contributed by atoms with Crippen LogP contribution in [0.4, 0.5) is 0 Å². The molecule has 3 aliphatic heterocycles. The van der Waals surface area contributed by atoms with E-state index in [0.29, 0.717) is 52.4 Å². The van der Waals surface area contributed by atoms with Crippen molar-refractivity contribution >= 4 is 11.8 Å². The first-order valence-electron chi connectivity index (χ1n) is 9.94. The van der Waals surface area contributed by atoms with Crippen LogP contribution in [-0.2, 0) is 20.7 Å². The van der Waals surface area contributed by atoms with Crippen LogP contribution >= 0.6 is 0 Å². The van der Waals surface area contributed by atoms with E-state index in [9.17, 15) is 9.59 Å². The van der Waals surface area contributed by atoms with Gasteiger partial charge >= 0.3 is 0 Å². The first kappa shape index (κ1) is 19.0. The summed E-state index contributed by atoms with van der Waals surface area (Å²) >= 11 is 0. The van der Waals surface area contributed by atoms with Crippen molar-refractivity contribution in [3.63, 3.8) is 0 Å². The predicted octanol–water partition coefficient (Wildman–Crippen LogP) is 0.159. The number of fused-ring (bicyclic) bond motifs is 1. The number of piperidine rings is 1. The highest BCUT2D eigenvalue weighted by atomic mass is 16.7. The number of hydrogen-bond donors (Lipinski definition) is 2. The molecule has 2 unspecified atom stereocenters. The SMILES string of the molecule is O=C(NCCc1ccc2c(c1)OCO2)C1CNCC(C(=O)N2CCOCC2)C1. The van der Waals surface area contributed by atoms with E-state index in [2.05, 4.69) is 10.6 Å². The molecule has 2 fully saturated rings. The van der Waals surface area contributed by atoms with Gasteiger partial charge in [-0.25, -0.2) is 0 Å². The third-order valence-electron chi connectivity index (χ3n) is 5.54. The summed E-state index contributed by atoms with van der Waals surface area (Å²) in [6.07, 6.45) is 1.32. The fourth-order valence-electron chi connectivity index (χ4n) is 3.94. The smallest absolute Gasteiger partial charge is 0.231 e. The maximum absolute atomic E-state index is 12.7. The molecule has 0 aromatic heterocycles. The molecule has 0 spiro atoms. The Morgan fingerprint density at radius 1 is 1.11 bits per heavy atom. The minimum Gasteiger partial charge on any atom is -0.454 e. The van der Waals surface area contributed by atoms with E-state index in [1.54, 1.807) is 0 Å². The van der Waals surface area contributed by atoms with Gasteiger partial charge in [-0.3, -0.25) is 9.59 Å². The van der Waals surface area contributed by atoms with Gasteiger partial charge in [0.05, 0.1) is 25.0 Å². The fraction of sp³-hybridized carbons (Fsp3) is 0.600. The molecule has 8 nitrogen and oxygen atoms in total. The van der Waals surface area contributed by atoms with Gasteiger partial charge in [0.2, 0.25) is 18.6 Å². The molecule has 2 amide bonds. The summed E-state index contributed by atoms with van der Waals surface area (Å²) in [6, 6.07) is 5.83. The standard InChI is InChI=1S/C20H27N3O5/c24-19(22-4-3-14-1-2-17-18(9-14)28-13-27-17)15-10-16(12-21-11-15)20(25)23-5-7-26-8-6-23/h1-2,9,15-16,21H,3-8,10-13H2,(H,22,24). The molecule has 0 bridgehead atoms. The zero-order valence-corrected chi connectivity index (χ0v) is 15.9. The van der Waals surface area contributed by atoms with Gasteiger partial charge in [-0.1, -0.05) is 6.07 Å². The Kier molecular flexibility index (Phi) is 5.97. The average Bonchev–Trinajstić information content (AvgIpc) is 3.22. The lowest BCUT2D eigenvalue weighted by Gasteiger charge is -2.34. The van der Waals surface area contributed by atoms with E-state index < -0.39 is 0 Å². The topological polar surface area (TPSA) is 89.1 Å². The van der Waals surface area contributed by atoms with Gasteiger partial charge in [0.1, 0.15) is 0 Å². The second-order valence-electron chi connectivity index (χ2n) is 7.45. The lowest BCUT2D eigenvalue weighted by atomic mass is 9.88. The van der Waals surface area contributed by atoms with E-state index in [-0.39, 0.29) is 30.4 Å². The second kappa shape index (κ2) is 8.79. The average molecular weight is 389 g/mol. The Hall–Kier alpha value is -2.32. The third-order valence-corrected chi connectivity index (χ3v) is 5.54. The van der Waals surface area contributed by atoms with E-state index in [1.165, 1.54) is 0 Å². The van der Waals surface area contributed by atoms with Gasteiger partial charge in [0.15, 0.2) is 11.5 Å². The van der Waals surface area contributed by atoms with E-state index in [1.807, 2.05) is 23.1 Å². The van der Waals surface area contributed by atoms with E-state index in [4.69, 9.17) is 14.2 Å². The molecule has 152 valence electrons. The summed E-state index contributed by atoms with van der Waals surface area (Å²) in [5.41, 5.74) is 1.09. The first-order chi connectivity index (χ1) is 13.7. The number of morpholine rings is 1. The molecular formula is C20H27N3O5. The highest BCUT2D eigenvalue weighted by molar-refractivity contribution is 5.83. The number of carbonyl (C=O) groups excluding carboxylic acids is 2. The molecular weight excluding hydrogens is 362 g/mol. The highest BCUT2D eigenvalue weighted by Gasteiger charge is 2.33. The first-order valence-corrected chi connectivity index (χ1v) is 9.94. The van der Waals surface area contributed by atoms with Crippen LogP contribution in [0.2, 0.25) is 0 Å². The molecule has 4 rings (SSSR count). The molecule has 2 saturated heterocycles. The number of rotatable bonds is 5. The maximum atomic E-state index is 12.7. The lowest BCUT2D eigenvalue weighted by molar-refractivity contribution is -0.141. The zero-order chi connectivity index (χ0) is 19.3. The Bertz CT molecular complexity index is 720. The van der Waals surface area contributed by atoms with Crippen LogP contribution in [0, 0.1) is 11.8 Å². The number of benzene rings is 1. The second-order valence-corrected chi connectivity index (χ2v) is 7.45. The summed E-state index contributed by atoms with van der Waals surface area (Å²) < 4.78 is 16.0. The van der Waals surface area contributed by atoms with Crippen molar-refractivity contribution in [3.05, 3.63) is 23.8 Å². The van der Waals surface area contributed by atoms with E-state index in [0.717, 1.165) is 23.5 Å². The molecule has 0 aliphatic carbocycles. The van der Waals surface area contributed by atoms with Crippen molar-refractivity contribution in [2.45, 2.75) is 12.8 Å². The summed E-state index contributed by atoms with van der Waals surface area (Å²) in [5, 5.41) is 6.26. The van der Waals surface area contributed by atoms with Crippen LogP contribution in [-0.4, -0.2) is 69.4 Å². The molecule has 28 heavy (non-hydrogen) atoms. The maximum Gasteiger partial charge on any atom is 0.231 e. The summed E-state index contributed by atoms with van der Waals surface area (Å²) in [5.74, 6) is 1.33. The molecule has 2 N–H and O–H groups in total. The van der Waals surface area contributed by atoms with Gasteiger partial charge in [-0.2, -0.15) is 0 Å². The van der Waals surface area contributed by atoms with Crippen LogP contribution in [0.1, 0.15) is 12.0 Å². The molecule has 0 radical (unpaired) electrons. The minimum absolute atomic E-state index is 0.00715. The Labute approximate surface area is 164 Å². The monoisotopic (exact) mass is 389 g/mol. The number of nitrogens with zero attached hydrogens (tertiary/aromatic N) is 1.